The van der Waals surface area contributed by atoms with Crippen LogP contribution < -0.4 is 0 Å². The van der Waals surface area contributed by atoms with Crippen LogP contribution in [0.2, 0.25) is 0 Å². The minimum absolute atomic E-state index is 0.167. The lowest BCUT2D eigenvalue weighted by molar-refractivity contribution is -0.192. The third-order valence-electron chi connectivity index (χ3n) is 0.243. The number of aliphatic carboxylic acids is 1. The summed E-state index contributed by atoms with van der Waals surface area (Å²) in [6.07, 6.45) is -5.08. The Hall–Kier alpha value is -1.07. The Bertz CT molecular complexity index is 146. The molecule has 0 aliphatic carbocycles. The highest BCUT2D eigenvalue weighted by atomic mass is 19.4. The molecular weight excluding hydrogens is 165 g/mol. The summed E-state index contributed by atoms with van der Waals surface area (Å²) in [7, 11) is 0. The monoisotopic (exact) mass is 172 g/mol. The first-order chi connectivity index (χ1) is 4.68. The Morgan fingerprint density at radius 2 is 1.27 bits per heavy atom. The predicted octanol–water partition coefficient (Wildman–Crippen LogP) is 1.23. The molecule has 0 fully saturated rings. The molecule has 1 N–H and O–H groups in total. The maximum absolute atomic E-state index is 10.6. The molecule has 0 aliphatic rings. The first-order valence-electron chi connectivity index (χ1n) is 2.45. The third kappa shape index (κ3) is 17.6. The molecule has 3 nitrogen and oxygen atoms in total. The number of hydrogen-bond donors (Lipinski definition) is 1. The van der Waals surface area contributed by atoms with E-state index in [1.807, 2.05) is 0 Å². The zero-order chi connectivity index (χ0) is 9.65. The second kappa shape index (κ2) is 4.70. The van der Waals surface area contributed by atoms with Crippen molar-refractivity contribution < 1.29 is 27.9 Å². The van der Waals surface area contributed by atoms with Crippen molar-refractivity contribution in [2.75, 3.05) is 0 Å². The number of carboxylic acid groups (broad SMARTS) is 1. The molecule has 6 heteroatoms. The number of rotatable bonds is 0. The molecule has 0 amide bonds. The van der Waals surface area contributed by atoms with Crippen molar-refractivity contribution in [1.29, 1.82) is 0 Å². The van der Waals surface area contributed by atoms with Crippen molar-refractivity contribution in [3.05, 3.63) is 0 Å². The van der Waals surface area contributed by atoms with E-state index in [-0.39, 0.29) is 5.78 Å². The van der Waals surface area contributed by atoms with Gasteiger partial charge in [0, 0.05) is 0 Å². The minimum atomic E-state index is -5.08. The Morgan fingerprint density at radius 1 is 1.18 bits per heavy atom. The lowest BCUT2D eigenvalue weighted by atomic mass is 10.6. The molecule has 0 rings (SSSR count). The molecule has 0 heterocycles. The van der Waals surface area contributed by atoms with Gasteiger partial charge < -0.3 is 9.90 Å². The molecule has 0 radical (unpaired) electrons. The van der Waals surface area contributed by atoms with Gasteiger partial charge in [0.15, 0.2) is 0 Å². The molecule has 0 aromatic carbocycles. The summed E-state index contributed by atoms with van der Waals surface area (Å²) in [5, 5.41) is 7.12. The van der Waals surface area contributed by atoms with E-state index in [9.17, 15) is 18.0 Å². The van der Waals surface area contributed by atoms with Crippen molar-refractivity contribution in [1.82, 2.24) is 0 Å². The van der Waals surface area contributed by atoms with Crippen molar-refractivity contribution in [2.45, 2.75) is 20.0 Å². The largest absolute Gasteiger partial charge is 0.490 e. The third-order valence-corrected chi connectivity index (χ3v) is 0.243. The van der Waals surface area contributed by atoms with Crippen LogP contribution in [0.15, 0.2) is 0 Å². The van der Waals surface area contributed by atoms with Gasteiger partial charge in [-0.3, -0.25) is 0 Å². The second-order valence-electron chi connectivity index (χ2n) is 1.71. The SMILES string of the molecule is CC(C)=O.O=C(O)C(F)(F)F. The van der Waals surface area contributed by atoms with Gasteiger partial charge in [0.05, 0.1) is 0 Å². The van der Waals surface area contributed by atoms with E-state index < -0.39 is 12.1 Å². The number of carbonyl (C=O) groups excluding carboxylic acids is 1. The van der Waals surface area contributed by atoms with E-state index in [1.54, 1.807) is 0 Å². The fourth-order valence-corrected chi connectivity index (χ4v) is 0. The zero-order valence-electron chi connectivity index (χ0n) is 5.90. The normalized spacial score (nSPS) is 9.55. The van der Waals surface area contributed by atoms with Gasteiger partial charge >= 0.3 is 12.1 Å². The highest BCUT2D eigenvalue weighted by Crippen LogP contribution is 2.13. The Kier molecular flexibility index (Phi) is 5.38. The molecular formula is C5H7F3O3. The molecule has 0 atom stereocenters. The molecule has 0 aromatic rings. The second-order valence-corrected chi connectivity index (χ2v) is 1.71. The lowest BCUT2D eigenvalue weighted by Gasteiger charge is -1.93. The molecule has 0 unspecified atom stereocenters. The summed E-state index contributed by atoms with van der Waals surface area (Å²) in [5.74, 6) is -2.59. The van der Waals surface area contributed by atoms with Crippen LogP contribution in [-0.2, 0) is 9.59 Å². The Morgan fingerprint density at radius 3 is 1.27 bits per heavy atom. The fraction of sp³-hybridized carbons (Fsp3) is 0.600. The maximum atomic E-state index is 10.6. The van der Waals surface area contributed by atoms with Gasteiger partial charge in [-0.15, -0.1) is 0 Å². The van der Waals surface area contributed by atoms with Gasteiger partial charge in [0.2, 0.25) is 0 Å². The van der Waals surface area contributed by atoms with Crippen LogP contribution in [0.3, 0.4) is 0 Å². The Labute approximate surface area is 60.8 Å². The minimum Gasteiger partial charge on any atom is -0.475 e. The number of alkyl halides is 3. The number of ketones is 1. The highest BCUT2D eigenvalue weighted by molar-refractivity contribution is 5.73. The van der Waals surface area contributed by atoms with Gasteiger partial charge in [0.25, 0.3) is 0 Å². The molecule has 0 bridgehead atoms. The van der Waals surface area contributed by atoms with Crippen molar-refractivity contribution in [3.63, 3.8) is 0 Å². The van der Waals surface area contributed by atoms with E-state index in [0.717, 1.165) is 0 Å². The zero-order valence-corrected chi connectivity index (χ0v) is 5.90. The van der Waals surface area contributed by atoms with Crippen LogP contribution in [-0.4, -0.2) is 23.0 Å². The molecule has 0 saturated heterocycles. The van der Waals surface area contributed by atoms with Crippen LogP contribution in [0.5, 0.6) is 0 Å². The van der Waals surface area contributed by atoms with E-state index in [4.69, 9.17) is 9.90 Å². The number of halogens is 3. The summed E-state index contributed by atoms with van der Waals surface area (Å²) >= 11 is 0. The maximum Gasteiger partial charge on any atom is 0.490 e. The van der Waals surface area contributed by atoms with Crippen molar-refractivity contribution in [3.8, 4) is 0 Å². The molecule has 0 spiro atoms. The van der Waals surface area contributed by atoms with Crippen LogP contribution in [0.25, 0.3) is 0 Å². The molecule has 11 heavy (non-hydrogen) atoms. The van der Waals surface area contributed by atoms with Crippen LogP contribution in [0.4, 0.5) is 13.2 Å². The number of carboxylic acids is 1. The van der Waals surface area contributed by atoms with Gasteiger partial charge in [-0.25, -0.2) is 4.79 Å². The standard InChI is InChI=1S/C3H6O.C2HF3O2/c1-3(2)4;3-2(4,5)1(6)7/h1-2H3;(H,6,7). The van der Waals surface area contributed by atoms with Gasteiger partial charge in [-0.2, -0.15) is 13.2 Å². The summed E-state index contributed by atoms with van der Waals surface area (Å²) in [5.41, 5.74) is 0. The van der Waals surface area contributed by atoms with E-state index >= 15 is 0 Å². The average molecular weight is 172 g/mol. The topological polar surface area (TPSA) is 54.4 Å². The summed E-state index contributed by atoms with van der Waals surface area (Å²) in [6, 6.07) is 0. The number of Topliss-reactive ketones (excluding diaryl/α,β-unsaturated/α-hetero) is 1. The highest BCUT2D eigenvalue weighted by Gasteiger charge is 2.38. The van der Waals surface area contributed by atoms with Crippen LogP contribution in [0, 0.1) is 0 Å². The van der Waals surface area contributed by atoms with Gasteiger partial charge in [0.1, 0.15) is 5.78 Å². The number of hydrogen-bond acceptors (Lipinski definition) is 2. The molecule has 66 valence electrons. The van der Waals surface area contributed by atoms with Crippen molar-refractivity contribution in [2.24, 2.45) is 0 Å². The van der Waals surface area contributed by atoms with Crippen LogP contribution in [0.1, 0.15) is 13.8 Å². The Balaban J connectivity index is 0. The van der Waals surface area contributed by atoms with Crippen LogP contribution >= 0.6 is 0 Å². The molecule has 0 aromatic heterocycles. The van der Waals surface area contributed by atoms with Gasteiger partial charge in [-0.1, -0.05) is 0 Å². The predicted molar refractivity (Wildman–Crippen MR) is 30.0 cm³/mol. The van der Waals surface area contributed by atoms with Gasteiger partial charge in [-0.05, 0) is 13.8 Å². The summed E-state index contributed by atoms with van der Waals surface area (Å²) < 4.78 is 31.7. The average Bonchev–Trinajstić information content (AvgIpc) is 1.59. The first-order valence-corrected chi connectivity index (χ1v) is 2.45. The van der Waals surface area contributed by atoms with E-state index in [2.05, 4.69) is 0 Å². The van der Waals surface area contributed by atoms with E-state index in [0.29, 0.717) is 0 Å². The first kappa shape index (κ1) is 12.6. The molecule has 0 aliphatic heterocycles. The summed E-state index contributed by atoms with van der Waals surface area (Å²) in [4.78, 5) is 18.3. The smallest absolute Gasteiger partial charge is 0.475 e. The number of carbonyl (C=O) groups is 2. The quantitative estimate of drug-likeness (QED) is 0.597. The fourth-order valence-electron chi connectivity index (χ4n) is 0. The van der Waals surface area contributed by atoms with Crippen molar-refractivity contribution >= 4 is 11.8 Å². The molecule has 0 saturated carbocycles. The lowest BCUT2D eigenvalue weighted by Crippen LogP contribution is -2.21. The summed E-state index contributed by atoms with van der Waals surface area (Å²) in [6.45, 7) is 3.06. The van der Waals surface area contributed by atoms with E-state index in [1.165, 1.54) is 13.8 Å².